The molecule has 0 aliphatic heterocycles. The SMILES string of the molecule is CN(C)CCC(O)(c1ccc2nc(Cl)cc(-c3ccccc3)c2c1)c1ccccn1. The summed E-state index contributed by atoms with van der Waals surface area (Å²) >= 11 is 6.31. The highest BCUT2D eigenvalue weighted by atomic mass is 35.5. The third-order valence-electron chi connectivity index (χ3n) is 5.35. The molecular weight excluding hydrogens is 394 g/mol. The van der Waals surface area contributed by atoms with Crippen LogP contribution in [0.5, 0.6) is 0 Å². The standard InChI is InChI=1S/C25H24ClN3O/c1-29(2)15-13-25(30,23-10-6-7-14-27-23)19-11-12-22-21(16-19)20(17-24(26)28-22)18-8-4-3-5-9-18/h3-12,14,16-17,30H,13,15H2,1-2H3. The van der Waals surface area contributed by atoms with E-state index < -0.39 is 5.60 Å². The molecule has 0 radical (unpaired) electrons. The Morgan fingerprint density at radius 3 is 2.43 bits per heavy atom. The number of pyridine rings is 2. The molecule has 2 aromatic carbocycles. The zero-order valence-corrected chi connectivity index (χ0v) is 17.8. The van der Waals surface area contributed by atoms with E-state index in [0.717, 1.165) is 34.1 Å². The summed E-state index contributed by atoms with van der Waals surface area (Å²) in [6, 6.07) is 23.5. The first-order chi connectivity index (χ1) is 14.5. The minimum Gasteiger partial charge on any atom is -0.379 e. The van der Waals surface area contributed by atoms with Crippen LogP contribution in [0.3, 0.4) is 0 Å². The molecule has 4 nitrogen and oxygen atoms in total. The summed E-state index contributed by atoms with van der Waals surface area (Å²) in [6.07, 6.45) is 2.23. The van der Waals surface area contributed by atoms with Crippen molar-refractivity contribution in [1.82, 2.24) is 14.9 Å². The maximum absolute atomic E-state index is 11.8. The first-order valence-corrected chi connectivity index (χ1v) is 10.3. The first-order valence-electron chi connectivity index (χ1n) is 9.92. The van der Waals surface area contributed by atoms with E-state index in [9.17, 15) is 5.11 Å². The van der Waals surface area contributed by atoms with Crippen LogP contribution in [0.15, 0.2) is 79.0 Å². The number of aliphatic hydroxyl groups is 1. The molecule has 152 valence electrons. The van der Waals surface area contributed by atoms with Gasteiger partial charge in [0.1, 0.15) is 10.8 Å². The monoisotopic (exact) mass is 417 g/mol. The number of halogens is 1. The van der Waals surface area contributed by atoms with E-state index in [2.05, 4.69) is 27.0 Å². The summed E-state index contributed by atoms with van der Waals surface area (Å²) in [5.41, 5.74) is 3.04. The number of hydrogen-bond acceptors (Lipinski definition) is 4. The third kappa shape index (κ3) is 4.08. The Kier molecular flexibility index (Phi) is 5.82. The van der Waals surface area contributed by atoms with Gasteiger partial charge in [-0.2, -0.15) is 0 Å². The fourth-order valence-electron chi connectivity index (χ4n) is 3.72. The zero-order chi connectivity index (χ0) is 21.1. The number of nitrogens with zero attached hydrogens (tertiary/aromatic N) is 3. The van der Waals surface area contributed by atoms with Gasteiger partial charge in [-0.15, -0.1) is 0 Å². The van der Waals surface area contributed by atoms with Gasteiger partial charge < -0.3 is 10.0 Å². The second kappa shape index (κ2) is 8.52. The number of hydrogen-bond donors (Lipinski definition) is 1. The van der Waals surface area contributed by atoms with Gasteiger partial charge in [0.05, 0.1) is 11.2 Å². The van der Waals surface area contributed by atoms with Gasteiger partial charge in [0.2, 0.25) is 0 Å². The van der Waals surface area contributed by atoms with Crippen molar-refractivity contribution in [1.29, 1.82) is 0 Å². The van der Waals surface area contributed by atoms with Crippen LogP contribution in [-0.4, -0.2) is 40.6 Å². The molecule has 1 unspecified atom stereocenters. The lowest BCUT2D eigenvalue weighted by molar-refractivity contribution is 0.0587. The Hall–Kier alpha value is -2.79. The van der Waals surface area contributed by atoms with Crippen molar-refractivity contribution in [3.8, 4) is 11.1 Å². The maximum Gasteiger partial charge on any atom is 0.133 e. The summed E-state index contributed by atoms with van der Waals surface area (Å²) in [4.78, 5) is 11.0. The molecule has 0 saturated carbocycles. The van der Waals surface area contributed by atoms with E-state index in [1.54, 1.807) is 6.20 Å². The van der Waals surface area contributed by atoms with Crippen LogP contribution in [0.25, 0.3) is 22.0 Å². The van der Waals surface area contributed by atoms with E-state index in [1.165, 1.54) is 0 Å². The lowest BCUT2D eigenvalue weighted by Gasteiger charge is -2.30. The quantitative estimate of drug-likeness (QED) is 0.441. The van der Waals surface area contributed by atoms with Crippen LogP contribution in [0.4, 0.5) is 0 Å². The molecule has 0 amide bonds. The number of benzene rings is 2. The van der Waals surface area contributed by atoms with Crippen molar-refractivity contribution < 1.29 is 5.11 Å². The van der Waals surface area contributed by atoms with E-state index in [0.29, 0.717) is 17.3 Å². The highest BCUT2D eigenvalue weighted by Gasteiger charge is 2.33. The summed E-state index contributed by atoms with van der Waals surface area (Å²) in [7, 11) is 4.00. The van der Waals surface area contributed by atoms with Crippen molar-refractivity contribution >= 4 is 22.5 Å². The molecule has 4 rings (SSSR count). The van der Waals surface area contributed by atoms with Gasteiger partial charge in [-0.1, -0.05) is 54.1 Å². The predicted molar refractivity (Wildman–Crippen MR) is 123 cm³/mol. The third-order valence-corrected chi connectivity index (χ3v) is 5.54. The van der Waals surface area contributed by atoms with Crippen molar-refractivity contribution in [2.45, 2.75) is 12.0 Å². The minimum absolute atomic E-state index is 0.446. The molecular formula is C25H24ClN3O. The van der Waals surface area contributed by atoms with Gasteiger partial charge in [-0.05, 0) is 67.5 Å². The Morgan fingerprint density at radius 2 is 1.73 bits per heavy atom. The molecule has 4 aromatic rings. The molecule has 0 aliphatic carbocycles. The summed E-state index contributed by atoms with van der Waals surface area (Å²) in [6.45, 7) is 0.718. The lowest BCUT2D eigenvalue weighted by atomic mass is 9.85. The molecule has 1 N–H and O–H groups in total. The Balaban J connectivity index is 1.91. The van der Waals surface area contributed by atoms with Gasteiger partial charge in [0.25, 0.3) is 0 Å². The fourth-order valence-corrected chi connectivity index (χ4v) is 3.92. The van der Waals surface area contributed by atoms with Gasteiger partial charge >= 0.3 is 0 Å². The molecule has 2 aromatic heterocycles. The van der Waals surface area contributed by atoms with Crippen molar-refractivity contribution in [3.63, 3.8) is 0 Å². The van der Waals surface area contributed by atoms with Crippen LogP contribution in [0.1, 0.15) is 17.7 Å². The van der Waals surface area contributed by atoms with E-state index in [-0.39, 0.29) is 0 Å². The first kappa shape index (κ1) is 20.5. The van der Waals surface area contributed by atoms with E-state index >= 15 is 0 Å². The molecule has 2 heterocycles. The molecule has 0 spiro atoms. The maximum atomic E-state index is 11.8. The van der Waals surface area contributed by atoms with Crippen LogP contribution in [0, 0.1) is 0 Å². The van der Waals surface area contributed by atoms with Crippen molar-refractivity contribution in [2.24, 2.45) is 0 Å². The molecule has 5 heteroatoms. The van der Waals surface area contributed by atoms with E-state index in [4.69, 9.17) is 11.6 Å². The Morgan fingerprint density at radius 1 is 0.967 bits per heavy atom. The zero-order valence-electron chi connectivity index (χ0n) is 17.1. The van der Waals surface area contributed by atoms with Gasteiger partial charge in [0, 0.05) is 18.1 Å². The number of aromatic nitrogens is 2. The largest absolute Gasteiger partial charge is 0.379 e. The predicted octanol–water partition coefficient (Wildman–Crippen LogP) is 5.14. The van der Waals surface area contributed by atoms with Crippen LogP contribution < -0.4 is 0 Å². The number of fused-ring (bicyclic) bond motifs is 1. The number of rotatable bonds is 6. The minimum atomic E-state index is -1.21. The average Bonchev–Trinajstić information content (AvgIpc) is 2.77. The van der Waals surface area contributed by atoms with Crippen molar-refractivity contribution in [2.75, 3.05) is 20.6 Å². The molecule has 0 saturated heterocycles. The Bertz CT molecular complexity index is 1150. The van der Waals surface area contributed by atoms with Crippen molar-refractivity contribution in [3.05, 3.63) is 95.4 Å². The normalized spacial score (nSPS) is 13.5. The lowest BCUT2D eigenvalue weighted by Crippen LogP contribution is -2.32. The highest BCUT2D eigenvalue weighted by Crippen LogP contribution is 2.37. The summed E-state index contributed by atoms with van der Waals surface area (Å²) in [5, 5.41) is 13.2. The summed E-state index contributed by atoms with van der Waals surface area (Å²) < 4.78 is 0. The molecule has 1 atom stereocenters. The highest BCUT2D eigenvalue weighted by molar-refractivity contribution is 6.30. The average molecular weight is 418 g/mol. The van der Waals surface area contributed by atoms with Gasteiger partial charge in [-0.25, -0.2) is 4.98 Å². The van der Waals surface area contributed by atoms with Gasteiger partial charge in [-0.3, -0.25) is 4.98 Å². The van der Waals surface area contributed by atoms with Crippen LogP contribution in [0.2, 0.25) is 5.15 Å². The van der Waals surface area contributed by atoms with E-state index in [1.807, 2.05) is 74.8 Å². The van der Waals surface area contributed by atoms with Gasteiger partial charge in [0.15, 0.2) is 0 Å². The van der Waals surface area contributed by atoms with Crippen LogP contribution >= 0.6 is 11.6 Å². The summed E-state index contributed by atoms with van der Waals surface area (Å²) in [5.74, 6) is 0. The topological polar surface area (TPSA) is 49.2 Å². The second-order valence-electron chi connectivity index (χ2n) is 7.72. The molecule has 0 aliphatic rings. The fraction of sp³-hybridized carbons (Fsp3) is 0.200. The second-order valence-corrected chi connectivity index (χ2v) is 8.11. The molecule has 30 heavy (non-hydrogen) atoms. The molecule has 0 fully saturated rings. The van der Waals surface area contributed by atoms with Crippen LogP contribution in [-0.2, 0) is 5.60 Å². The molecule has 0 bridgehead atoms. The smallest absolute Gasteiger partial charge is 0.133 e. The Labute approximate surface area is 181 Å².